The van der Waals surface area contributed by atoms with Gasteiger partial charge < -0.3 is 15.4 Å². The summed E-state index contributed by atoms with van der Waals surface area (Å²) in [6, 6.07) is 7.15. The Kier molecular flexibility index (Phi) is 3.88. The highest BCUT2D eigenvalue weighted by molar-refractivity contribution is 9.10. The maximum absolute atomic E-state index is 14.1. The lowest BCUT2D eigenvalue weighted by Gasteiger charge is -2.54. The third-order valence-corrected chi connectivity index (χ3v) is 5.43. The highest BCUT2D eigenvalue weighted by atomic mass is 79.9. The predicted octanol–water partition coefficient (Wildman–Crippen LogP) is 6.21. The lowest BCUT2D eigenvalue weighted by Crippen LogP contribution is -2.67. The molecular formula is C16H8Br2F6N2O. The quantitative estimate of drug-likeness (QED) is 0.408. The molecule has 3 nitrogen and oxygen atoms in total. The van der Waals surface area contributed by atoms with Crippen molar-refractivity contribution in [1.82, 2.24) is 0 Å². The van der Waals surface area contributed by atoms with Crippen molar-refractivity contribution in [2.24, 2.45) is 0 Å². The zero-order valence-electron chi connectivity index (χ0n) is 12.9. The van der Waals surface area contributed by atoms with Crippen LogP contribution < -0.4 is 10.6 Å². The molecule has 2 aromatic rings. The molecular weight excluding hydrogens is 510 g/mol. The lowest BCUT2D eigenvalue weighted by atomic mass is 9.87. The number of hydrogen-bond acceptors (Lipinski definition) is 3. The van der Waals surface area contributed by atoms with Crippen LogP contribution in [0.5, 0.6) is 0 Å². The smallest absolute Gasteiger partial charge is 0.346 e. The minimum Gasteiger partial charge on any atom is -0.346 e. The van der Waals surface area contributed by atoms with Crippen molar-refractivity contribution < 1.29 is 31.1 Å². The predicted molar refractivity (Wildman–Crippen MR) is 92.1 cm³/mol. The second kappa shape index (κ2) is 5.54. The highest BCUT2D eigenvalue weighted by Gasteiger charge is 2.74. The molecule has 2 N–H and O–H groups in total. The van der Waals surface area contributed by atoms with Crippen LogP contribution in [0.25, 0.3) is 0 Å². The summed E-state index contributed by atoms with van der Waals surface area (Å²) in [7, 11) is 0. The van der Waals surface area contributed by atoms with Gasteiger partial charge in [-0.05, 0) is 36.4 Å². The van der Waals surface area contributed by atoms with Crippen molar-refractivity contribution in [3.8, 4) is 0 Å². The molecule has 0 radical (unpaired) electrons. The van der Waals surface area contributed by atoms with Crippen molar-refractivity contribution in [3.05, 3.63) is 56.5 Å². The molecule has 0 amide bonds. The normalized spacial score (nSPS) is 26.5. The van der Waals surface area contributed by atoms with Crippen LogP contribution in [-0.2, 0) is 16.2 Å². The molecule has 2 aromatic carbocycles. The number of rotatable bonds is 0. The summed E-state index contributed by atoms with van der Waals surface area (Å²) in [6.07, 6.45) is -10.4. The summed E-state index contributed by atoms with van der Waals surface area (Å²) >= 11 is 6.12. The lowest BCUT2D eigenvalue weighted by molar-refractivity contribution is -0.369. The zero-order valence-corrected chi connectivity index (χ0v) is 16.1. The third-order valence-electron chi connectivity index (χ3n) is 4.45. The van der Waals surface area contributed by atoms with E-state index in [-0.39, 0.29) is 20.3 Å². The number of benzene rings is 2. The maximum Gasteiger partial charge on any atom is 0.441 e. The SMILES string of the molecule is FC(F)(F)C12Nc3ccc(Br)cc3C(C(F)(F)F)(Nc3ccc(Br)cc31)O2. The fourth-order valence-electron chi connectivity index (χ4n) is 3.30. The largest absolute Gasteiger partial charge is 0.441 e. The van der Waals surface area contributed by atoms with Crippen LogP contribution in [0.2, 0.25) is 0 Å². The number of halogens is 8. The topological polar surface area (TPSA) is 33.3 Å². The minimum atomic E-state index is -5.19. The maximum atomic E-state index is 14.1. The van der Waals surface area contributed by atoms with Gasteiger partial charge in [0.15, 0.2) is 0 Å². The second-order valence-electron chi connectivity index (χ2n) is 6.09. The zero-order chi connectivity index (χ0) is 19.8. The Balaban J connectivity index is 2.11. The Bertz CT molecular complexity index is 872. The molecule has 0 spiro atoms. The van der Waals surface area contributed by atoms with Gasteiger partial charge in [-0.15, -0.1) is 0 Å². The molecule has 11 heteroatoms. The molecule has 0 aromatic heterocycles. The van der Waals surface area contributed by atoms with E-state index < -0.39 is 34.9 Å². The first-order chi connectivity index (χ1) is 12.4. The molecule has 2 aliphatic heterocycles. The van der Waals surface area contributed by atoms with Gasteiger partial charge in [0, 0.05) is 31.4 Å². The number of fused-ring (bicyclic) bond motifs is 6. The molecule has 144 valence electrons. The number of alkyl halides is 6. The number of nitrogens with one attached hydrogen (secondary N) is 2. The molecule has 2 atom stereocenters. The van der Waals surface area contributed by atoms with Crippen LogP contribution >= 0.6 is 31.9 Å². The molecule has 27 heavy (non-hydrogen) atoms. The van der Waals surface area contributed by atoms with Crippen LogP contribution in [0.1, 0.15) is 11.1 Å². The highest BCUT2D eigenvalue weighted by Crippen LogP contribution is 2.61. The van der Waals surface area contributed by atoms with Gasteiger partial charge in [0.25, 0.3) is 11.4 Å². The summed E-state index contributed by atoms with van der Waals surface area (Å²) < 4.78 is 90.2. The van der Waals surface area contributed by atoms with Crippen LogP contribution in [0.3, 0.4) is 0 Å². The monoisotopic (exact) mass is 516 g/mol. The first kappa shape index (κ1) is 18.9. The molecule has 0 aliphatic carbocycles. The number of anilines is 2. The fraction of sp³-hybridized carbons (Fsp3) is 0.250. The summed E-state index contributed by atoms with van der Waals surface area (Å²) in [5.41, 5.74) is -8.44. The minimum absolute atomic E-state index is 0.262. The molecule has 0 saturated heterocycles. The van der Waals surface area contributed by atoms with E-state index >= 15 is 0 Å². The summed E-state index contributed by atoms with van der Waals surface area (Å²) in [4.78, 5) is 0. The van der Waals surface area contributed by atoms with Gasteiger partial charge in [0.2, 0.25) is 0 Å². The Hall–Kier alpha value is -1.46. The van der Waals surface area contributed by atoms with Crippen LogP contribution in [0.4, 0.5) is 37.7 Å². The van der Waals surface area contributed by atoms with E-state index in [1.54, 1.807) is 0 Å². The molecule has 4 rings (SSSR count). The van der Waals surface area contributed by atoms with Gasteiger partial charge in [-0.2, -0.15) is 26.3 Å². The summed E-state index contributed by atoms with van der Waals surface area (Å²) in [5.74, 6) is 0. The van der Waals surface area contributed by atoms with Crippen molar-refractivity contribution in [3.63, 3.8) is 0 Å². The average Bonchev–Trinajstić information content (AvgIpc) is 2.54. The summed E-state index contributed by atoms with van der Waals surface area (Å²) in [6.45, 7) is 0. The van der Waals surface area contributed by atoms with E-state index in [4.69, 9.17) is 4.74 Å². The first-order valence-electron chi connectivity index (χ1n) is 7.40. The van der Waals surface area contributed by atoms with Gasteiger partial charge in [-0.1, -0.05) is 31.9 Å². The van der Waals surface area contributed by atoms with E-state index in [1.807, 2.05) is 0 Å². The molecule has 0 fully saturated rings. The van der Waals surface area contributed by atoms with Crippen molar-refractivity contribution >= 4 is 43.2 Å². The second-order valence-corrected chi connectivity index (χ2v) is 7.92. The van der Waals surface area contributed by atoms with Gasteiger partial charge in [-0.25, -0.2) is 0 Å². The van der Waals surface area contributed by atoms with E-state index in [0.29, 0.717) is 0 Å². The van der Waals surface area contributed by atoms with Crippen molar-refractivity contribution in [2.45, 2.75) is 23.8 Å². The van der Waals surface area contributed by atoms with Crippen LogP contribution in [-0.4, -0.2) is 12.4 Å². The number of hydrogen-bond donors (Lipinski definition) is 2. The Morgan fingerprint density at radius 3 is 1.41 bits per heavy atom. The molecule has 2 heterocycles. The van der Waals surface area contributed by atoms with Gasteiger partial charge in [0.1, 0.15) is 0 Å². The Labute approximate surface area is 165 Å². The first-order valence-corrected chi connectivity index (χ1v) is 8.98. The standard InChI is InChI=1S/C16H8Br2F6N2O/c17-7-1-3-11-9(5-7)13(15(19,20)21)26-12-4-2-8(18)6-10(12)14(25-11,27-13)16(22,23)24/h1-6,25-26H. The van der Waals surface area contributed by atoms with Gasteiger partial charge >= 0.3 is 12.4 Å². The van der Waals surface area contributed by atoms with E-state index in [9.17, 15) is 26.3 Å². The average molecular weight is 518 g/mol. The molecule has 0 saturated carbocycles. The number of ether oxygens (including phenoxy) is 1. The Morgan fingerprint density at radius 1 is 0.704 bits per heavy atom. The van der Waals surface area contributed by atoms with Crippen LogP contribution in [0, 0.1) is 0 Å². The molecule has 2 bridgehead atoms. The summed E-state index contributed by atoms with van der Waals surface area (Å²) in [5, 5.41) is 4.32. The van der Waals surface area contributed by atoms with E-state index in [0.717, 1.165) is 24.3 Å². The van der Waals surface area contributed by atoms with E-state index in [1.165, 1.54) is 12.1 Å². The molecule has 2 aliphatic rings. The van der Waals surface area contributed by atoms with Gasteiger partial charge in [0.05, 0.1) is 0 Å². The third kappa shape index (κ3) is 2.51. The van der Waals surface area contributed by atoms with Crippen molar-refractivity contribution in [2.75, 3.05) is 10.6 Å². The fourth-order valence-corrected chi connectivity index (χ4v) is 4.02. The Morgan fingerprint density at radius 2 is 1.07 bits per heavy atom. The van der Waals surface area contributed by atoms with Gasteiger partial charge in [-0.3, -0.25) is 0 Å². The molecule has 2 unspecified atom stereocenters. The van der Waals surface area contributed by atoms with Crippen molar-refractivity contribution in [1.29, 1.82) is 0 Å². The van der Waals surface area contributed by atoms with Crippen LogP contribution in [0.15, 0.2) is 45.3 Å². The van der Waals surface area contributed by atoms with E-state index in [2.05, 4.69) is 42.5 Å².